The highest BCUT2D eigenvalue weighted by Crippen LogP contribution is 2.31. The Kier molecular flexibility index (Phi) is 5.93. The summed E-state index contributed by atoms with van der Waals surface area (Å²) >= 11 is 0. The average molecular weight is 383 g/mol. The number of hydrogen-bond acceptors (Lipinski definition) is 5. The second-order valence-corrected chi connectivity index (χ2v) is 8.03. The summed E-state index contributed by atoms with van der Waals surface area (Å²) in [5, 5.41) is 4.14. The molecule has 1 saturated carbocycles. The number of piperidine rings is 1. The molecule has 1 aliphatic carbocycles. The van der Waals surface area contributed by atoms with Gasteiger partial charge in [-0.2, -0.15) is 4.98 Å². The number of amides is 1. The van der Waals surface area contributed by atoms with Gasteiger partial charge in [-0.05, 0) is 37.3 Å². The first-order chi connectivity index (χ1) is 13.7. The number of rotatable bonds is 6. The number of ether oxygens (including phenoxy) is 1. The van der Waals surface area contributed by atoms with E-state index in [1.165, 1.54) is 25.7 Å². The van der Waals surface area contributed by atoms with Crippen LogP contribution in [0, 0.1) is 5.92 Å². The van der Waals surface area contributed by atoms with E-state index in [0.717, 1.165) is 49.6 Å². The van der Waals surface area contributed by atoms with Crippen molar-refractivity contribution in [1.29, 1.82) is 0 Å². The van der Waals surface area contributed by atoms with Gasteiger partial charge in [0, 0.05) is 31.0 Å². The fourth-order valence-electron chi connectivity index (χ4n) is 4.44. The van der Waals surface area contributed by atoms with Crippen molar-refractivity contribution < 1.29 is 14.1 Å². The van der Waals surface area contributed by atoms with Gasteiger partial charge in [0.1, 0.15) is 5.75 Å². The van der Waals surface area contributed by atoms with E-state index in [1.54, 1.807) is 7.11 Å². The number of aromatic nitrogens is 2. The molecule has 0 spiro atoms. The van der Waals surface area contributed by atoms with Crippen LogP contribution in [0.2, 0.25) is 0 Å². The summed E-state index contributed by atoms with van der Waals surface area (Å²) in [6, 6.07) is 7.66. The summed E-state index contributed by atoms with van der Waals surface area (Å²) in [6.07, 6.45) is 8.83. The third-order valence-corrected chi connectivity index (χ3v) is 6.21. The molecule has 2 aromatic rings. The summed E-state index contributed by atoms with van der Waals surface area (Å²) in [5.74, 6) is 3.35. The number of carbonyl (C=O) groups is 1. The van der Waals surface area contributed by atoms with Crippen LogP contribution >= 0.6 is 0 Å². The van der Waals surface area contributed by atoms with Crippen molar-refractivity contribution in [2.45, 2.75) is 57.3 Å². The third kappa shape index (κ3) is 4.37. The number of methoxy groups -OCH3 is 1. The SMILES string of the molecule is COc1cccc(-c2noc(C3CCN(C(=O)CCC4CCCC4)CC3)n2)c1. The maximum Gasteiger partial charge on any atom is 0.230 e. The number of carbonyl (C=O) groups excluding carboxylic acids is 1. The van der Waals surface area contributed by atoms with Gasteiger partial charge in [-0.3, -0.25) is 4.79 Å². The maximum atomic E-state index is 12.5. The lowest BCUT2D eigenvalue weighted by atomic mass is 9.95. The van der Waals surface area contributed by atoms with E-state index in [1.807, 2.05) is 29.2 Å². The fourth-order valence-corrected chi connectivity index (χ4v) is 4.44. The van der Waals surface area contributed by atoms with Gasteiger partial charge in [-0.1, -0.05) is 43.0 Å². The van der Waals surface area contributed by atoms with Gasteiger partial charge < -0.3 is 14.2 Å². The molecule has 0 atom stereocenters. The molecule has 28 heavy (non-hydrogen) atoms. The molecule has 1 saturated heterocycles. The number of hydrogen-bond donors (Lipinski definition) is 0. The topological polar surface area (TPSA) is 68.5 Å². The van der Waals surface area contributed by atoms with E-state index < -0.39 is 0 Å². The second-order valence-electron chi connectivity index (χ2n) is 8.03. The Hall–Kier alpha value is -2.37. The standard InChI is InChI=1S/C22H29N3O3/c1-27-19-8-4-7-18(15-19)21-23-22(28-24-21)17-11-13-25(14-12-17)20(26)10-9-16-5-2-3-6-16/h4,7-8,15-17H,2-3,5-6,9-14H2,1H3. The van der Waals surface area contributed by atoms with Gasteiger partial charge in [-0.25, -0.2) is 0 Å². The quantitative estimate of drug-likeness (QED) is 0.738. The smallest absolute Gasteiger partial charge is 0.230 e. The van der Waals surface area contributed by atoms with Gasteiger partial charge in [0.05, 0.1) is 7.11 Å². The molecule has 1 amide bonds. The van der Waals surface area contributed by atoms with Crippen molar-refractivity contribution in [2.24, 2.45) is 5.92 Å². The molecular weight excluding hydrogens is 354 g/mol. The Morgan fingerprint density at radius 2 is 2.00 bits per heavy atom. The molecule has 4 rings (SSSR count). The first-order valence-corrected chi connectivity index (χ1v) is 10.5. The van der Waals surface area contributed by atoms with Gasteiger partial charge in [0.2, 0.25) is 17.6 Å². The Morgan fingerprint density at radius 1 is 1.21 bits per heavy atom. The molecule has 6 heteroatoms. The molecule has 1 aliphatic heterocycles. The van der Waals surface area contributed by atoms with Crippen LogP contribution in [0.1, 0.15) is 63.2 Å². The highest BCUT2D eigenvalue weighted by Gasteiger charge is 2.28. The van der Waals surface area contributed by atoms with Crippen molar-refractivity contribution in [3.63, 3.8) is 0 Å². The average Bonchev–Trinajstić information content (AvgIpc) is 3.44. The highest BCUT2D eigenvalue weighted by atomic mass is 16.5. The van der Waals surface area contributed by atoms with Crippen LogP contribution in [-0.4, -0.2) is 41.1 Å². The second kappa shape index (κ2) is 8.76. The van der Waals surface area contributed by atoms with Gasteiger partial charge in [0.25, 0.3) is 0 Å². The lowest BCUT2D eigenvalue weighted by Crippen LogP contribution is -2.38. The van der Waals surface area contributed by atoms with Crippen LogP contribution in [0.25, 0.3) is 11.4 Å². The zero-order valence-corrected chi connectivity index (χ0v) is 16.6. The van der Waals surface area contributed by atoms with Gasteiger partial charge >= 0.3 is 0 Å². The summed E-state index contributed by atoms with van der Waals surface area (Å²) in [4.78, 5) is 19.1. The summed E-state index contributed by atoms with van der Waals surface area (Å²) in [5.41, 5.74) is 0.883. The summed E-state index contributed by atoms with van der Waals surface area (Å²) < 4.78 is 10.8. The minimum Gasteiger partial charge on any atom is -0.497 e. The molecule has 150 valence electrons. The fraction of sp³-hybridized carbons (Fsp3) is 0.591. The molecule has 2 fully saturated rings. The predicted octanol–water partition coefficient (Wildman–Crippen LogP) is 4.42. The Labute approximate surface area is 166 Å². The molecule has 1 aromatic heterocycles. The predicted molar refractivity (Wildman–Crippen MR) is 106 cm³/mol. The van der Waals surface area contributed by atoms with Crippen LogP contribution in [0.3, 0.4) is 0 Å². The highest BCUT2D eigenvalue weighted by molar-refractivity contribution is 5.76. The molecule has 6 nitrogen and oxygen atoms in total. The minimum absolute atomic E-state index is 0.228. The van der Waals surface area contributed by atoms with Crippen LogP contribution in [-0.2, 0) is 4.79 Å². The zero-order valence-electron chi connectivity index (χ0n) is 16.6. The normalized spacial score (nSPS) is 18.5. The molecule has 0 N–H and O–H groups in total. The molecule has 0 unspecified atom stereocenters. The van der Waals surface area contributed by atoms with Crippen molar-refractivity contribution in [3.05, 3.63) is 30.2 Å². The number of nitrogens with zero attached hydrogens (tertiary/aromatic N) is 3. The molecule has 0 bridgehead atoms. The zero-order chi connectivity index (χ0) is 19.3. The Balaban J connectivity index is 1.30. The Morgan fingerprint density at radius 3 is 2.75 bits per heavy atom. The van der Waals surface area contributed by atoms with Crippen molar-refractivity contribution in [2.75, 3.05) is 20.2 Å². The Bertz CT molecular complexity index is 790. The van der Waals surface area contributed by atoms with Gasteiger partial charge in [0.15, 0.2) is 0 Å². The number of benzene rings is 1. The first-order valence-electron chi connectivity index (χ1n) is 10.5. The lowest BCUT2D eigenvalue weighted by Gasteiger charge is -2.30. The summed E-state index contributed by atoms with van der Waals surface area (Å²) in [7, 11) is 1.64. The molecule has 2 heterocycles. The van der Waals surface area contributed by atoms with E-state index in [-0.39, 0.29) is 5.92 Å². The molecular formula is C22H29N3O3. The van der Waals surface area contributed by atoms with E-state index >= 15 is 0 Å². The monoisotopic (exact) mass is 383 g/mol. The molecule has 0 radical (unpaired) electrons. The third-order valence-electron chi connectivity index (χ3n) is 6.21. The van der Waals surface area contributed by atoms with E-state index in [4.69, 9.17) is 9.26 Å². The van der Waals surface area contributed by atoms with Gasteiger partial charge in [-0.15, -0.1) is 0 Å². The van der Waals surface area contributed by atoms with E-state index in [2.05, 4.69) is 10.1 Å². The lowest BCUT2D eigenvalue weighted by molar-refractivity contribution is -0.132. The first kappa shape index (κ1) is 19.0. The van der Waals surface area contributed by atoms with Crippen molar-refractivity contribution >= 4 is 5.91 Å². The largest absolute Gasteiger partial charge is 0.497 e. The molecule has 2 aliphatic rings. The number of likely N-dealkylation sites (tertiary alicyclic amines) is 1. The van der Waals surface area contributed by atoms with Crippen LogP contribution in [0.4, 0.5) is 0 Å². The maximum absolute atomic E-state index is 12.5. The minimum atomic E-state index is 0.228. The van der Waals surface area contributed by atoms with Crippen molar-refractivity contribution in [1.82, 2.24) is 15.0 Å². The van der Waals surface area contributed by atoms with Crippen LogP contribution in [0.5, 0.6) is 5.75 Å². The van der Waals surface area contributed by atoms with Crippen LogP contribution in [0.15, 0.2) is 28.8 Å². The molecule has 1 aromatic carbocycles. The summed E-state index contributed by atoms with van der Waals surface area (Å²) in [6.45, 7) is 1.57. The van der Waals surface area contributed by atoms with E-state index in [9.17, 15) is 4.79 Å². The van der Waals surface area contributed by atoms with E-state index in [0.29, 0.717) is 24.0 Å². The van der Waals surface area contributed by atoms with Crippen molar-refractivity contribution in [3.8, 4) is 17.1 Å². The van der Waals surface area contributed by atoms with Crippen LogP contribution < -0.4 is 4.74 Å².